The number of sulfonamides is 1. The van der Waals surface area contributed by atoms with Crippen molar-refractivity contribution in [3.05, 3.63) is 89.5 Å². The van der Waals surface area contributed by atoms with Gasteiger partial charge in [-0.2, -0.15) is 4.57 Å². The Bertz CT molecular complexity index is 1920. The second-order valence-electron chi connectivity index (χ2n) is 13.0. The Morgan fingerprint density at radius 2 is 1.56 bits per heavy atom. The van der Waals surface area contributed by atoms with Crippen molar-refractivity contribution in [2.45, 2.75) is 29.6 Å². The lowest BCUT2D eigenvalue weighted by Crippen LogP contribution is -3.00. The number of nitrogens with one attached hydrogen (secondary N) is 1. The van der Waals surface area contributed by atoms with Crippen LogP contribution in [0.25, 0.3) is 22.7 Å². The number of aliphatic hydroxyl groups excluding tert-OH is 1. The zero-order valence-corrected chi connectivity index (χ0v) is 35.5. The van der Waals surface area contributed by atoms with Gasteiger partial charge in [0.2, 0.25) is 10.0 Å². The minimum absolute atomic E-state index is 0. The molecule has 2 N–H and O–H groups in total. The van der Waals surface area contributed by atoms with Gasteiger partial charge in [-0.05, 0) is 75.0 Å². The van der Waals surface area contributed by atoms with Crippen LogP contribution in [0.15, 0.2) is 93.7 Å². The summed E-state index contributed by atoms with van der Waals surface area (Å²) < 4.78 is 47.6. The van der Waals surface area contributed by atoms with Crippen LogP contribution in [0.2, 0.25) is 0 Å². The number of nitrogens with zero attached hydrogens (tertiary/aromatic N) is 4. The molecule has 4 aromatic rings. The predicted octanol–water partition coefficient (Wildman–Crippen LogP) is 2.15. The van der Waals surface area contributed by atoms with Crippen LogP contribution >= 0.6 is 11.8 Å². The third-order valence-electron chi connectivity index (χ3n) is 8.78. The van der Waals surface area contributed by atoms with Crippen molar-refractivity contribution in [3.63, 3.8) is 0 Å². The van der Waals surface area contributed by atoms with Crippen molar-refractivity contribution >= 4 is 50.3 Å². The van der Waals surface area contributed by atoms with E-state index < -0.39 is 10.0 Å². The maximum Gasteiger partial charge on any atom is 0.282 e. The standard InChI is InChI=1S/C40H54N5O6S2.HI/c1-5-19-44(21-11-20-42(2)3)39-29-32(35-14-9-10-15-36(35)45(39)33-12-7-6-8-13-33)30-40-43(4)37-31-34(16-17-38(37)52-40)53(47,48)41-18-23-49-25-27-51-28-26-50-24-22-46;/h6-10,12-17,29-31,41,46H,5,11,18-28H2,1-4H3;1H/q+1;/p-1. The van der Waals surface area contributed by atoms with E-state index >= 15 is 0 Å². The molecule has 3 aromatic carbocycles. The Balaban J connectivity index is 0.00000650. The van der Waals surface area contributed by atoms with Crippen LogP contribution in [0.3, 0.4) is 0 Å². The first-order valence-corrected chi connectivity index (χ1v) is 20.6. The van der Waals surface area contributed by atoms with Gasteiger partial charge in [0.25, 0.3) is 5.82 Å². The first-order chi connectivity index (χ1) is 25.7. The van der Waals surface area contributed by atoms with Gasteiger partial charge in [-0.15, -0.1) is 0 Å². The number of hydrogen-bond acceptors (Lipinski definition) is 10. The fourth-order valence-electron chi connectivity index (χ4n) is 6.22. The normalized spacial score (nSPS) is 13.5. The van der Waals surface area contributed by atoms with Crippen LogP contribution in [-0.4, -0.2) is 112 Å². The summed E-state index contributed by atoms with van der Waals surface area (Å²) in [4.78, 5) is 8.02. The second-order valence-corrected chi connectivity index (χ2v) is 15.9. The van der Waals surface area contributed by atoms with Crippen LogP contribution in [0.5, 0.6) is 0 Å². The molecule has 0 saturated carbocycles. The van der Waals surface area contributed by atoms with Gasteiger partial charge < -0.3 is 53.1 Å². The zero-order valence-electron chi connectivity index (χ0n) is 31.7. The predicted molar refractivity (Wildman–Crippen MR) is 215 cm³/mol. The maximum absolute atomic E-state index is 13.3. The lowest BCUT2D eigenvalue weighted by molar-refractivity contribution is -0.553. The van der Waals surface area contributed by atoms with E-state index in [0.717, 1.165) is 76.1 Å². The molecule has 0 spiro atoms. The number of fused-ring (bicyclic) bond motifs is 2. The van der Waals surface area contributed by atoms with Crippen molar-refractivity contribution < 1.29 is 56.3 Å². The van der Waals surface area contributed by atoms with Crippen molar-refractivity contribution in [3.8, 4) is 5.69 Å². The summed E-state index contributed by atoms with van der Waals surface area (Å²) in [5, 5.41) is 10.9. The van der Waals surface area contributed by atoms with Crippen LogP contribution in [0.1, 0.15) is 25.3 Å². The lowest BCUT2D eigenvalue weighted by atomic mass is 10.1. The first-order valence-electron chi connectivity index (χ1n) is 18.3. The van der Waals surface area contributed by atoms with Crippen LogP contribution in [-0.2, 0) is 24.2 Å². The molecular weight excluding hydrogens is 838 g/mol. The number of rotatable bonds is 22. The summed E-state index contributed by atoms with van der Waals surface area (Å²) in [5.41, 5.74) is 4.19. The van der Waals surface area contributed by atoms with E-state index in [1.807, 2.05) is 13.1 Å². The molecule has 1 aliphatic rings. The summed E-state index contributed by atoms with van der Waals surface area (Å²) in [6, 6.07) is 26.7. The number of para-hydroxylation sites is 2. The van der Waals surface area contributed by atoms with Gasteiger partial charge in [-0.3, -0.25) is 4.90 Å². The van der Waals surface area contributed by atoms with E-state index in [-0.39, 0.29) is 55.2 Å². The Labute approximate surface area is 342 Å². The number of thioether (sulfide) groups is 1. The van der Waals surface area contributed by atoms with Gasteiger partial charge in [-0.1, -0.05) is 55.1 Å². The van der Waals surface area contributed by atoms with Crippen molar-refractivity contribution in [1.29, 1.82) is 0 Å². The average molecular weight is 892 g/mol. The molecule has 0 bridgehead atoms. The molecule has 0 radical (unpaired) electrons. The highest BCUT2D eigenvalue weighted by Gasteiger charge is 2.28. The Hall–Kier alpha value is -2.80. The van der Waals surface area contributed by atoms with Gasteiger partial charge in [0.1, 0.15) is 11.2 Å². The highest BCUT2D eigenvalue weighted by Crippen LogP contribution is 2.47. The van der Waals surface area contributed by atoms with Crippen LogP contribution < -0.4 is 43.1 Å². The quantitative estimate of drug-likeness (QED) is 0.0694. The number of hydrogen-bond donors (Lipinski definition) is 2. The average Bonchev–Trinajstić information content (AvgIpc) is 3.47. The second kappa shape index (κ2) is 22.1. The smallest absolute Gasteiger partial charge is 0.282 e. The molecule has 0 atom stereocenters. The molecule has 0 unspecified atom stereocenters. The summed E-state index contributed by atoms with van der Waals surface area (Å²) in [5.74, 6) is 1.14. The van der Waals surface area contributed by atoms with Gasteiger partial charge in [0.15, 0.2) is 0 Å². The van der Waals surface area contributed by atoms with E-state index in [1.165, 1.54) is 0 Å². The van der Waals surface area contributed by atoms with Crippen molar-refractivity contribution in [1.82, 2.24) is 9.62 Å². The Morgan fingerprint density at radius 1 is 0.870 bits per heavy atom. The molecule has 294 valence electrons. The molecule has 1 aromatic heterocycles. The molecule has 1 aliphatic heterocycles. The Morgan fingerprint density at radius 3 is 2.26 bits per heavy atom. The van der Waals surface area contributed by atoms with Crippen molar-refractivity contribution in [2.75, 3.05) is 103 Å². The molecule has 5 rings (SSSR count). The van der Waals surface area contributed by atoms with E-state index in [9.17, 15) is 8.42 Å². The third kappa shape index (κ3) is 11.9. The largest absolute Gasteiger partial charge is 1.00 e. The molecule has 11 nitrogen and oxygen atoms in total. The molecule has 0 aliphatic carbocycles. The maximum atomic E-state index is 13.3. The summed E-state index contributed by atoms with van der Waals surface area (Å²) >= 11 is 1.64. The number of benzene rings is 3. The summed E-state index contributed by atoms with van der Waals surface area (Å²) in [7, 11) is 2.48. The molecular formula is C40H54IN5O6S2. The minimum Gasteiger partial charge on any atom is -1.00 e. The van der Waals surface area contributed by atoms with Gasteiger partial charge in [0, 0.05) is 36.5 Å². The topological polar surface area (TPSA) is 108 Å². The number of halogens is 1. The highest BCUT2D eigenvalue weighted by atomic mass is 127. The van der Waals surface area contributed by atoms with E-state index in [4.69, 9.17) is 19.3 Å². The van der Waals surface area contributed by atoms with Crippen LogP contribution in [0, 0.1) is 0 Å². The summed E-state index contributed by atoms with van der Waals surface area (Å²) in [6.07, 6.45) is 4.30. The monoisotopic (exact) mass is 891 g/mol. The first kappa shape index (κ1) is 43.9. The SMILES string of the molecule is CCCN(CCCN(C)C)c1cc(C=C2Sc3ccc(S(=O)(=O)NCCOCCOCCOCCO)cc3N2C)c2ccccc2[n+]1-c1ccccc1.[I-]. The highest BCUT2D eigenvalue weighted by molar-refractivity contribution is 8.03. The fraction of sp³-hybridized carbons (Fsp3) is 0.425. The van der Waals surface area contributed by atoms with Gasteiger partial charge in [0.05, 0.1) is 74.9 Å². The molecule has 54 heavy (non-hydrogen) atoms. The van der Waals surface area contributed by atoms with E-state index in [0.29, 0.717) is 26.4 Å². The van der Waals surface area contributed by atoms with E-state index in [1.54, 1.807) is 23.9 Å². The van der Waals surface area contributed by atoms with E-state index in [2.05, 4.69) is 112 Å². The zero-order chi connectivity index (χ0) is 37.6. The molecule has 0 saturated heterocycles. The third-order valence-corrected chi connectivity index (χ3v) is 11.4. The summed E-state index contributed by atoms with van der Waals surface area (Å²) in [6.45, 7) is 7.27. The number of pyridine rings is 1. The number of aromatic nitrogens is 1. The minimum atomic E-state index is -3.75. The number of ether oxygens (including phenoxy) is 3. The Kier molecular flexibility index (Phi) is 18.0. The molecule has 2 heterocycles. The molecule has 14 heteroatoms. The van der Waals surface area contributed by atoms with Gasteiger partial charge >= 0.3 is 0 Å². The van der Waals surface area contributed by atoms with Crippen LogP contribution in [0.4, 0.5) is 11.5 Å². The molecule has 0 amide bonds. The van der Waals surface area contributed by atoms with Gasteiger partial charge in [-0.25, -0.2) is 13.1 Å². The molecule has 0 fully saturated rings. The lowest BCUT2D eigenvalue weighted by Gasteiger charge is -2.22. The fourth-order valence-corrected chi connectivity index (χ4v) is 8.33. The number of anilines is 2. The number of aliphatic hydroxyl groups is 1. The van der Waals surface area contributed by atoms with Crippen molar-refractivity contribution in [2.24, 2.45) is 0 Å².